The van der Waals surface area contributed by atoms with E-state index < -0.39 is 0 Å². The van der Waals surface area contributed by atoms with Gasteiger partial charge in [0.15, 0.2) is 0 Å². The van der Waals surface area contributed by atoms with Crippen LogP contribution >= 0.6 is 11.3 Å². The average molecular weight is 384 g/mol. The molecule has 2 heterocycles. The zero-order valence-corrected chi connectivity index (χ0v) is 17.5. The fourth-order valence-corrected chi connectivity index (χ4v) is 4.10. The van der Waals surface area contributed by atoms with Crippen LogP contribution in [0.15, 0.2) is 41.8 Å². The Hall–Kier alpha value is -2.14. The Labute approximate surface area is 165 Å². The monoisotopic (exact) mass is 383 g/mol. The summed E-state index contributed by atoms with van der Waals surface area (Å²) in [5.74, 6) is 2.05. The fraction of sp³-hybridized carbons (Fsp3) is 0.455. The maximum Gasteiger partial charge on any atom is 0.242 e. The van der Waals surface area contributed by atoms with Crippen LogP contribution in [0.2, 0.25) is 0 Å². The summed E-state index contributed by atoms with van der Waals surface area (Å²) in [5.41, 5.74) is 1.99. The van der Waals surface area contributed by atoms with Crippen molar-refractivity contribution in [1.82, 2.24) is 14.5 Å². The minimum absolute atomic E-state index is 0.174. The molecule has 0 atom stereocenters. The van der Waals surface area contributed by atoms with Crippen LogP contribution in [0, 0.1) is 11.8 Å². The number of carbonyl (C=O) groups excluding carboxylic acids is 1. The Morgan fingerprint density at radius 3 is 2.41 bits per heavy atom. The summed E-state index contributed by atoms with van der Waals surface area (Å²) in [4.78, 5) is 21.3. The van der Waals surface area contributed by atoms with Crippen LogP contribution in [0.1, 0.15) is 38.4 Å². The lowest BCUT2D eigenvalue weighted by Gasteiger charge is -2.27. The molecule has 3 rings (SSSR count). The number of amides is 1. The summed E-state index contributed by atoms with van der Waals surface area (Å²) in [6, 6.07) is 12.3. The van der Waals surface area contributed by atoms with Crippen molar-refractivity contribution >= 4 is 28.3 Å². The molecular weight excluding hydrogens is 354 g/mol. The lowest BCUT2D eigenvalue weighted by atomic mass is 10.1. The second-order valence-corrected chi connectivity index (χ2v) is 8.98. The topological polar surface area (TPSA) is 38.1 Å². The molecule has 0 aliphatic carbocycles. The highest BCUT2D eigenvalue weighted by Gasteiger charge is 2.20. The van der Waals surface area contributed by atoms with Crippen LogP contribution in [0.25, 0.3) is 11.0 Å². The van der Waals surface area contributed by atoms with E-state index in [4.69, 9.17) is 4.98 Å². The minimum Gasteiger partial charge on any atom is -0.341 e. The van der Waals surface area contributed by atoms with Gasteiger partial charge < -0.3 is 9.47 Å². The molecule has 0 bridgehead atoms. The molecule has 5 heteroatoms. The van der Waals surface area contributed by atoms with Gasteiger partial charge >= 0.3 is 0 Å². The average Bonchev–Trinajstić information content (AvgIpc) is 3.22. The molecule has 3 aromatic rings. The summed E-state index contributed by atoms with van der Waals surface area (Å²) in [7, 11) is 0. The lowest BCUT2D eigenvalue weighted by molar-refractivity contribution is -0.132. The van der Waals surface area contributed by atoms with Crippen molar-refractivity contribution < 1.29 is 4.79 Å². The van der Waals surface area contributed by atoms with Crippen molar-refractivity contribution in [1.29, 1.82) is 0 Å². The number of thiophene rings is 1. The molecule has 2 aromatic heterocycles. The Balaban J connectivity index is 1.90. The van der Waals surface area contributed by atoms with E-state index in [1.54, 1.807) is 11.3 Å². The van der Waals surface area contributed by atoms with E-state index in [-0.39, 0.29) is 5.91 Å². The number of para-hydroxylation sites is 2. The van der Waals surface area contributed by atoms with Gasteiger partial charge in [0.1, 0.15) is 12.4 Å². The predicted molar refractivity (Wildman–Crippen MR) is 113 cm³/mol. The highest BCUT2D eigenvalue weighted by Crippen LogP contribution is 2.21. The quantitative estimate of drug-likeness (QED) is 0.559. The van der Waals surface area contributed by atoms with Gasteiger partial charge in [-0.15, -0.1) is 11.3 Å². The van der Waals surface area contributed by atoms with Crippen LogP contribution in [-0.4, -0.2) is 33.4 Å². The molecule has 4 nitrogen and oxygen atoms in total. The first-order chi connectivity index (χ1) is 12.9. The smallest absolute Gasteiger partial charge is 0.242 e. The molecular formula is C22H29N3OS. The third-order valence-corrected chi connectivity index (χ3v) is 5.34. The summed E-state index contributed by atoms with van der Waals surface area (Å²) < 4.78 is 2.10. The first-order valence-corrected chi connectivity index (χ1v) is 10.6. The summed E-state index contributed by atoms with van der Waals surface area (Å²) >= 11 is 1.73. The Morgan fingerprint density at radius 2 is 1.78 bits per heavy atom. The number of imidazole rings is 1. The van der Waals surface area contributed by atoms with E-state index in [0.717, 1.165) is 36.4 Å². The highest BCUT2D eigenvalue weighted by molar-refractivity contribution is 7.09. The van der Waals surface area contributed by atoms with Gasteiger partial charge in [-0.1, -0.05) is 45.9 Å². The number of fused-ring (bicyclic) bond motifs is 1. The standard InChI is InChI=1S/C22H29N3OS/c1-16(2)13-24(14-17(3)4)22(26)15-25-20-10-6-5-9-19(20)23-21(25)12-18-8-7-11-27-18/h5-11,16-17H,12-15H2,1-4H3. The summed E-state index contributed by atoms with van der Waals surface area (Å²) in [6.45, 7) is 10.6. The normalized spacial score (nSPS) is 11.6. The fourth-order valence-electron chi connectivity index (χ4n) is 3.40. The number of aromatic nitrogens is 2. The van der Waals surface area contributed by atoms with E-state index in [1.165, 1.54) is 4.88 Å². The molecule has 27 heavy (non-hydrogen) atoms. The zero-order chi connectivity index (χ0) is 19.4. The second-order valence-electron chi connectivity index (χ2n) is 7.95. The van der Waals surface area contributed by atoms with E-state index in [0.29, 0.717) is 18.4 Å². The maximum absolute atomic E-state index is 13.2. The maximum atomic E-state index is 13.2. The summed E-state index contributed by atoms with van der Waals surface area (Å²) in [5, 5.41) is 2.08. The van der Waals surface area contributed by atoms with Crippen LogP contribution in [-0.2, 0) is 17.8 Å². The largest absolute Gasteiger partial charge is 0.341 e. The third-order valence-electron chi connectivity index (χ3n) is 4.46. The minimum atomic E-state index is 0.174. The van der Waals surface area contributed by atoms with E-state index >= 15 is 0 Å². The number of nitrogens with zero attached hydrogens (tertiary/aromatic N) is 3. The van der Waals surface area contributed by atoms with Crippen LogP contribution in [0.5, 0.6) is 0 Å². The molecule has 0 unspecified atom stereocenters. The number of hydrogen-bond donors (Lipinski definition) is 0. The number of benzene rings is 1. The molecule has 0 aliphatic rings. The number of carbonyl (C=O) groups is 1. The van der Waals surface area contributed by atoms with E-state index in [2.05, 4.69) is 55.8 Å². The van der Waals surface area contributed by atoms with Crippen molar-refractivity contribution in [3.63, 3.8) is 0 Å². The SMILES string of the molecule is CC(C)CN(CC(C)C)C(=O)Cn1c(Cc2cccs2)nc2ccccc21. The Bertz CT molecular complexity index is 870. The molecule has 144 valence electrons. The van der Waals surface area contributed by atoms with Crippen LogP contribution in [0.4, 0.5) is 0 Å². The van der Waals surface area contributed by atoms with Gasteiger partial charge in [-0.3, -0.25) is 4.79 Å². The van der Waals surface area contributed by atoms with Gasteiger partial charge in [-0.05, 0) is 35.4 Å². The lowest BCUT2D eigenvalue weighted by Crippen LogP contribution is -2.39. The molecule has 0 aliphatic heterocycles. The van der Waals surface area contributed by atoms with Gasteiger partial charge in [-0.2, -0.15) is 0 Å². The summed E-state index contributed by atoms with van der Waals surface area (Å²) in [6.07, 6.45) is 0.758. The number of rotatable bonds is 8. The molecule has 0 radical (unpaired) electrons. The van der Waals surface area contributed by atoms with Crippen molar-refractivity contribution in [2.24, 2.45) is 11.8 Å². The molecule has 0 saturated carbocycles. The van der Waals surface area contributed by atoms with Crippen molar-refractivity contribution in [2.75, 3.05) is 13.1 Å². The van der Waals surface area contributed by atoms with E-state index in [9.17, 15) is 4.79 Å². The molecule has 0 fully saturated rings. The second kappa shape index (κ2) is 8.70. The highest BCUT2D eigenvalue weighted by atomic mass is 32.1. The van der Waals surface area contributed by atoms with Gasteiger partial charge in [0.25, 0.3) is 0 Å². The Morgan fingerprint density at radius 1 is 1.07 bits per heavy atom. The van der Waals surface area contributed by atoms with Crippen molar-refractivity contribution in [2.45, 2.75) is 40.7 Å². The van der Waals surface area contributed by atoms with Gasteiger partial charge in [0, 0.05) is 24.4 Å². The molecule has 0 spiro atoms. The zero-order valence-electron chi connectivity index (χ0n) is 16.7. The molecule has 0 saturated heterocycles. The van der Waals surface area contributed by atoms with Gasteiger partial charge in [0.2, 0.25) is 5.91 Å². The first kappa shape index (κ1) is 19.6. The van der Waals surface area contributed by atoms with E-state index in [1.807, 2.05) is 23.1 Å². The number of hydrogen-bond acceptors (Lipinski definition) is 3. The first-order valence-electron chi connectivity index (χ1n) is 9.68. The predicted octanol–water partition coefficient (Wildman–Crippen LogP) is 4.83. The van der Waals surface area contributed by atoms with Crippen molar-refractivity contribution in [3.8, 4) is 0 Å². The Kier molecular flexibility index (Phi) is 6.32. The third kappa shape index (κ3) is 4.98. The van der Waals surface area contributed by atoms with Gasteiger partial charge in [-0.25, -0.2) is 4.98 Å². The van der Waals surface area contributed by atoms with Crippen LogP contribution < -0.4 is 0 Å². The molecule has 0 N–H and O–H groups in total. The van der Waals surface area contributed by atoms with Crippen LogP contribution in [0.3, 0.4) is 0 Å². The molecule has 1 aromatic carbocycles. The molecule has 1 amide bonds. The van der Waals surface area contributed by atoms with Crippen molar-refractivity contribution in [3.05, 3.63) is 52.5 Å². The van der Waals surface area contributed by atoms with Gasteiger partial charge in [0.05, 0.1) is 11.0 Å².